The fourth-order valence-electron chi connectivity index (χ4n) is 3.35. The van der Waals surface area contributed by atoms with E-state index >= 15 is 0 Å². The van der Waals surface area contributed by atoms with Crippen LogP contribution in [0.5, 0.6) is 11.5 Å². The third-order valence-corrected chi connectivity index (χ3v) is 4.81. The third-order valence-electron chi connectivity index (χ3n) is 4.81. The minimum atomic E-state index is -0.0389. The Kier molecular flexibility index (Phi) is 4.85. The van der Waals surface area contributed by atoms with E-state index < -0.39 is 0 Å². The van der Waals surface area contributed by atoms with Gasteiger partial charge in [0.1, 0.15) is 17.3 Å². The molecule has 1 aliphatic heterocycles. The van der Waals surface area contributed by atoms with Crippen LogP contribution in [0.4, 0.5) is 17.2 Å². The van der Waals surface area contributed by atoms with Crippen LogP contribution in [-0.4, -0.2) is 31.7 Å². The second kappa shape index (κ2) is 7.60. The third kappa shape index (κ3) is 3.36. The number of nitrogens with one attached hydrogen (secondary N) is 1. The Morgan fingerprint density at radius 2 is 1.93 bits per heavy atom. The van der Waals surface area contributed by atoms with Crippen molar-refractivity contribution in [2.45, 2.75) is 6.42 Å². The molecule has 0 radical (unpaired) electrons. The van der Waals surface area contributed by atoms with Gasteiger partial charge in [-0.05, 0) is 42.3 Å². The van der Waals surface area contributed by atoms with Crippen LogP contribution in [-0.2, 0) is 6.42 Å². The molecule has 0 unspecified atom stereocenters. The zero-order valence-corrected chi connectivity index (χ0v) is 15.8. The summed E-state index contributed by atoms with van der Waals surface area (Å²) in [5, 5.41) is 3.21. The smallest absolute Gasteiger partial charge is 0.259 e. The van der Waals surface area contributed by atoms with Gasteiger partial charge in [-0.25, -0.2) is 4.98 Å². The van der Waals surface area contributed by atoms with Gasteiger partial charge in [-0.15, -0.1) is 0 Å². The molecular formula is C22H21N3O3. The van der Waals surface area contributed by atoms with Crippen LogP contribution in [0.2, 0.25) is 0 Å². The molecule has 0 saturated heterocycles. The van der Waals surface area contributed by atoms with E-state index in [4.69, 9.17) is 9.47 Å². The minimum Gasteiger partial charge on any atom is -0.497 e. The normalized spacial score (nSPS) is 12.4. The Morgan fingerprint density at radius 1 is 1.07 bits per heavy atom. The SMILES string of the molecule is COc1ccc(OC)c(Nc2ccc(C(=O)N3CCc4ccccc43)cn2)c1. The van der Waals surface area contributed by atoms with Crippen LogP contribution >= 0.6 is 0 Å². The van der Waals surface area contributed by atoms with Crippen molar-refractivity contribution in [2.24, 2.45) is 0 Å². The molecule has 1 aliphatic rings. The number of carbonyl (C=O) groups excluding carboxylic acids is 1. The lowest BCUT2D eigenvalue weighted by molar-refractivity contribution is 0.0989. The first-order valence-corrected chi connectivity index (χ1v) is 9.04. The molecule has 2 aromatic carbocycles. The number of rotatable bonds is 5. The number of aromatic nitrogens is 1. The molecule has 6 nitrogen and oxygen atoms in total. The first kappa shape index (κ1) is 17.9. The summed E-state index contributed by atoms with van der Waals surface area (Å²) in [7, 11) is 3.22. The van der Waals surface area contributed by atoms with Gasteiger partial charge in [0.2, 0.25) is 0 Å². The molecule has 0 saturated carbocycles. The summed E-state index contributed by atoms with van der Waals surface area (Å²) in [5.41, 5.74) is 3.48. The molecule has 0 spiro atoms. The lowest BCUT2D eigenvalue weighted by Crippen LogP contribution is -2.28. The number of amides is 1. The van der Waals surface area contributed by atoms with Crippen molar-refractivity contribution in [3.05, 3.63) is 71.9 Å². The summed E-state index contributed by atoms with van der Waals surface area (Å²) in [6.07, 6.45) is 2.48. The quantitative estimate of drug-likeness (QED) is 0.729. The van der Waals surface area contributed by atoms with Crippen molar-refractivity contribution in [2.75, 3.05) is 31.0 Å². The summed E-state index contributed by atoms with van der Waals surface area (Å²) in [4.78, 5) is 19.1. The predicted molar refractivity (Wildman–Crippen MR) is 109 cm³/mol. The van der Waals surface area contributed by atoms with Crippen molar-refractivity contribution in [1.29, 1.82) is 0 Å². The number of fused-ring (bicyclic) bond motifs is 1. The van der Waals surface area contributed by atoms with Gasteiger partial charge in [0.05, 0.1) is 25.5 Å². The van der Waals surface area contributed by atoms with Gasteiger partial charge in [0.15, 0.2) is 0 Å². The average Bonchev–Trinajstić information content (AvgIpc) is 3.18. The molecule has 0 bridgehead atoms. The Bertz CT molecular complexity index is 1000. The monoisotopic (exact) mass is 375 g/mol. The van der Waals surface area contributed by atoms with Gasteiger partial charge in [-0.3, -0.25) is 4.79 Å². The molecule has 0 atom stereocenters. The second-order valence-electron chi connectivity index (χ2n) is 6.46. The van der Waals surface area contributed by atoms with Crippen LogP contribution in [0, 0.1) is 0 Å². The van der Waals surface area contributed by atoms with Crippen LogP contribution in [0.25, 0.3) is 0 Å². The number of anilines is 3. The van der Waals surface area contributed by atoms with Crippen molar-refractivity contribution in [3.8, 4) is 11.5 Å². The van der Waals surface area contributed by atoms with E-state index in [-0.39, 0.29) is 5.91 Å². The van der Waals surface area contributed by atoms with E-state index in [1.54, 1.807) is 32.5 Å². The van der Waals surface area contributed by atoms with Gasteiger partial charge < -0.3 is 19.7 Å². The molecule has 3 aromatic rings. The fraction of sp³-hybridized carbons (Fsp3) is 0.182. The highest BCUT2D eigenvalue weighted by atomic mass is 16.5. The zero-order chi connectivity index (χ0) is 19.5. The summed E-state index contributed by atoms with van der Waals surface area (Å²) in [5.74, 6) is 1.96. The van der Waals surface area contributed by atoms with E-state index in [2.05, 4.69) is 16.4 Å². The van der Waals surface area contributed by atoms with Crippen molar-refractivity contribution >= 4 is 23.1 Å². The van der Waals surface area contributed by atoms with Crippen LogP contribution in [0.1, 0.15) is 15.9 Å². The molecule has 1 amide bonds. The van der Waals surface area contributed by atoms with E-state index in [1.165, 1.54) is 5.56 Å². The number of hydrogen-bond acceptors (Lipinski definition) is 5. The summed E-state index contributed by atoms with van der Waals surface area (Å²) >= 11 is 0. The number of pyridine rings is 1. The maximum atomic E-state index is 12.9. The maximum absolute atomic E-state index is 12.9. The maximum Gasteiger partial charge on any atom is 0.259 e. The highest BCUT2D eigenvalue weighted by molar-refractivity contribution is 6.07. The summed E-state index contributed by atoms with van der Waals surface area (Å²) in [6.45, 7) is 0.694. The first-order chi connectivity index (χ1) is 13.7. The molecule has 6 heteroatoms. The predicted octanol–water partition coefficient (Wildman–Crippen LogP) is 4.05. The molecule has 2 heterocycles. The topological polar surface area (TPSA) is 63.7 Å². The highest BCUT2D eigenvalue weighted by Gasteiger charge is 2.25. The molecule has 0 aliphatic carbocycles. The van der Waals surface area contributed by atoms with Gasteiger partial charge in [0, 0.05) is 24.5 Å². The molecular weight excluding hydrogens is 354 g/mol. The molecule has 4 rings (SSSR count). The lowest BCUT2D eigenvalue weighted by Gasteiger charge is -2.17. The van der Waals surface area contributed by atoms with Crippen molar-refractivity contribution in [1.82, 2.24) is 4.98 Å². The van der Waals surface area contributed by atoms with Gasteiger partial charge >= 0.3 is 0 Å². The second-order valence-corrected chi connectivity index (χ2v) is 6.46. The number of nitrogens with zero attached hydrogens (tertiary/aromatic N) is 2. The summed E-state index contributed by atoms with van der Waals surface area (Å²) < 4.78 is 10.6. The molecule has 0 fully saturated rings. The Balaban J connectivity index is 1.53. The molecule has 28 heavy (non-hydrogen) atoms. The number of hydrogen-bond donors (Lipinski definition) is 1. The fourth-order valence-corrected chi connectivity index (χ4v) is 3.35. The summed E-state index contributed by atoms with van der Waals surface area (Å²) in [6, 6.07) is 17.1. The van der Waals surface area contributed by atoms with Crippen LogP contribution in [0.15, 0.2) is 60.8 Å². The van der Waals surface area contributed by atoms with Crippen LogP contribution < -0.4 is 19.7 Å². The highest BCUT2D eigenvalue weighted by Crippen LogP contribution is 2.32. The average molecular weight is 375 g/mol. The van der Waals surface area contributed by atoms with Crippen LogP contribution in [0.3, 0.4) is 0 Å². The van der Waals surface area contributed by atoms with E-state index in [0.717, 1.165) is 17.8 Å². The largest absolute Gasteiger partial charge is 0.497 e. The number of benzene rings is 2. The molecule has 142 valence electrons. The lowest BCUT2D eigenvalue weighted by atomic mass is 10.2. The first-order valence-electron chi connectivity index (χ1n) is 9.04. The van der Waals surface area contributed by atoms with E-state index in [1.807, 2.05) is 41.3 Å². The zero-order valence-electron chi connectivity index (χ0n) is 15.8. The Hall–Kier alpha value is -3.54. The molecule has 1 N–H and O–H groups in total. The van der Waals surface area contributed by atoms with Crippen molar-refractivity contribution < 1.29 is 14.3 Å². The number of carbonyl (C=O) groups is 1. The Morgan fingerprint density at radius 3 is 2.68 bits per heavy atom. The van der Waals surface area contributed by atoms with Gasteiger partial charge in [-0.2, -0.15) is 0 Å². The van der Waals surface area contributed by atoms with Crippen molar-refractivity contribution in [3.63, 3.8) is 0 Å². The molecule has 1 aromatic heterocycles. The van der Waals surface area contributed by atoms with Gasteiger partial charge in [0.25, 0.3) is 5.91 Å². The van der Waals surface area contributed by atoms with E-state index in [9.17, 15) is 4.79 Å². The number of ether oxygens (including phenoxy) is 2. The number of para-hydroxylation sites is 1. The number of methoxy groups -OCH3 is 2. The minimum absolute atomic E-state index is 0.0389. The Labute approximate surface area is 163 Å². The van der Waals surface area contributed by atoms with E-state index in [0.29, 0.717) is 29.4 Å². The van der Waals surface area contributed by atoms with Gasteiger partial charge in [-0.1, -0.05) is 18.2 Å². The standard InChI is InChI=1S/C22H21N3O3/c1-27-17-8-9-20(28-2)18(13-17)24-21-10-7-16(14-23-21)22(26)25-12-11-15-5-3-4-6-19(15)25/h3-10,13-14H,11-12H2,1-2H3,(H,23,24).